The lowest BCUT2D eigenvalue weighted by atomic mass is 10.0. The normalized spacial score (nSPS) is 16.1. The fourth-order valence-electron chi connectivity index (χ4n) is 2.73. The molecule has 100 valence electrons. The average Bonchev–Trinajstić information content (AvgIpc) is 2.90. The smallest absolute Gasteiger partial charge is 0.0997 e. The van der Waals surface area contributed by atoms with Gasteiger partial charge >= 0.3 is 0 Å². The molecule has 1 N–H and O–H groups in total. The molecule has 0 spiro atoms. The molecule has 0 fully saturated rings. The summed E-state index contributed by atoms with van der Waals surface area (Å²) < 4.78 is 2.06. The number of nitrogens with zero attached hydrogens (tertiary/aromatic N) is 4. The highest BCUT2D eigenvalue weighted by Gasteiger charge is 2.21. The molecule has 5 heteroatoms. The Labute approximate surface area is 113 Å². The topological polar surface area (TPSA) is 55.6 Å². The molecule has 1 aliphatic heterocycles. The molecule has 0 aromatic carbocycles. The van der Waals surface area contributed by atoms with E-state index in [1.54, 1.807) is 0 Å². The summed E-state index contributed by atoms with van der Waals surface area (Å²) in [6, 6.07) is 4.33. The van der Waals surface area contributed by atoms with E-state index in [2.05, 4.69) is 45.2 Å². The van der Waals surface area contributed by atoms with Crippen LogP contribution in [0.2, 0.25) is 0 Å². The lowest BCUT2D eigenvalue weighted by Gasteiger charge is -2.19. The summed E-state index contributed by atoms with van der Waals surface area (Å²) in [7, 11) is 0. The second kappa shape index (κ2) is 5.09. The van der Waals surface area contributed by atoms with Gasteiger partial charge in [-0.05, 0) is 25.0 Å². The summed E-state index contributed by atoms with van der Waals surface area (Å²) in [5, 5.41) is 12.0. The van der Waals surface area contributed by atoms with Gasteiger partial charge in [0.1, 0.15) is 0 Å². The SMILES string of the molecule is CCc1ncccc1C(C)n1nnc2c1CCNC2. The van der Waals surface area contributed by atoms with Gasteiger partial charge < -0.3 is 5.32 Å². The fraction of sp³-hybridized carbons (Fsp3) is 0.500. The lowest BCUT2D eigenvalue weighted by Crippen LogP contribution is -2.26. The van der Waals surface area contributed by atoms with Gasteiger partial charge in [0.05, 0.1) is 17.4 Å². The minimum absolute atomic E-state index is 0.193. The first-order valence-electron chi connectivity index (χ1n) is 6.88. The van der Waals surface area contributed by atoms with Crippen molar-refractivity contribution in [2.45, 2.75) is 39.3 Å². The molecule has 0 radical (unpaired) electrons. The zero-order chi connectivity index (χ0) is 13.2. The van der Waals surface area contributed by atoms with Gasteiger partial charge in [-0.2, -0.15) is 0 Å². The van der Waals surface area contributed by atoms with Gasteiger partial charge in [-0.1, -0.05) is 18.2 Å². The molecule has 0 amide bonds. The lowest BCUT2D eigenvalue weighted by molar-refractivity contribution is 0.506. The zero-order valence-corrected chi connectivity index (χ0v) is 11.4. The Balaban J connectivity index is 2.00. The van der Waals surface area contributed by atoms with E-state index < -0.39 is 0 Å². The maximum atomic E-state index is 4.47. The van der Waals surface area contributed by atoms with Crippen LogP contribution in [0.1, 0.15) is 42.5 Å². The molecule has 2 aromatic rings. The van der Waals surface area contributed by atoms with Crippen LogP contribution in [0.3, 0.4) is 0 Å². The number of nitrogens with one attached hydrogen (secondary N) is 1. The van der Waals surface area contributed by atoms with Crippen molar-refractivity contribution in [3.05, 3.63) is 41.0 Å². The molecule has 2 aromatic heterocycles. The van der Waals surface area contributed by atoms with Gasteiger partial charge in [0, 0.05) is 31.4 Å². The van der Waals surface area contributed by atoms with Crippen molar-refractivity contribution in [2.75, 3.05) is 6.54 Å². The number of fused-ring (bicyclic) bond motifs is 1. The highest BCUT2D eigenvalue weighted by atomic mass is 15.4. The average molecular weight is 257 g/mol. The Morgan fingerprint density at radius 1 is 1.47 bits per heavy atom. The van der Waals surface area contributed by atoms with Crippen molar-refractivity contribution in [1.29, 1.82) is 0 Å². The van der Waals surface area contributed by atoms with Crippen LogP contribution in [0.5, 0.6) is 0 Å². The monoisotopic (exact) mass is 257 g/mol. The fourth-order valence-corrected chi connectivity index (χ4v) is 2.73. The Morgan fingerprint density at radius 3 is 3.21 bits per heavy atom. The third-order valence-corrected chi connectivity index (χ3v) is 3.78. The van der Waals surface area contributed by atoms with E-state index >= 15 is 0 Å². The largest absolute Gasteiger partial charge is 0.311 e. The first-order valence-corrected chi connectivity index (χ1v) is 6.88. The van der Waals surface area contributed by atoms with E-state index in [-0.39, 0.29) is 6.04 Å². The van der Waals surface area contributed by atoms with Crippen molar-refractivity contribution in [3.8, 4) is 0 Å². The van der Waals surface area contributed by atoms with Crippen LogP contribution in [0, 0.1) is 0 Å². The quantitative estimate of drug-likeness (QED) is 0.905. The molecule has 0 aliphatic carbocycles. The Bertz CT molecular complexity index is 575. The third kappa shape index (κ3) is 2.14. The molecular formula is C14H19N5. The van der Waals surface area contributed by atoms with Gasteiger partial charge in [0.25, 0.3) is 0 Å². The molecule has 5 nitrogen and oxygen atoms in total. The van der Waals surface area contributed by atoms with Crippen LogP contribution in [-0.2, 0) is 19.4 Å². The molecule has 19 heavy (non-hydrogen) atoms. The molecule has 0 bridgehead atoms. The Hall–Kier alpha value is -1.75. The predicted molar refractivity (Wildman–Crippen MR) is 72.9 cm³/mol. The van der Waals surface area contributed by atoms with E-state index in [1.807, 2.05) is 12.3 Å². The molecule has 1 atom stereocenters. The number of hydrogen-bond donors (Lipinski definition) is 1. The maximum Gasteiger partial charge on any atom is 0.0997 e. The van der Waals surface area contributed by atoms with Crippen LogP contribution < -0.4 is 5.32 Å². The van der Waals surface area contributed by atoms with E-state index in [0.717, 1.165) is 37.3 Å². The van der Waals surface area contributed by atoms with Gasteiger partial charge in [0.2, 0.25) is 0 Å². The minimum Gasteiger partial charge on any atom is -0.311 e. The summed E-state index contributed by atoms with van der Waals surface area (Å²) in [4.78, 5) is 4.47. The van der Waals surface area contributed by atoms with Gasteiger partial charge in [-0.25, -0.2) is 4.68 Å². The maximum absolute atomic E-state index is 4.47. The van der Waals surface area contributed by atoms with Crippen molar-refractivity contribution >= 4 is 0 Å². The van der Waals surface area contributed by atoms with Crippen LogP contribution in [0.25, 0.3) is 0 Å². The van der Waals surface area contributed by atoms with Crippen molar-refractivity contribution in [1.82, 2.24) is 25.3 Å². The van der Waals surface area contributed by atoms with Crippen molar-refractivity contribution in [2.24, 2.45) is 0 Å². The predicted octanol–water partition coefficient (Wildman–Crippen LogP) is 1.49. The van der Waals surface area contributed by atoms with Crippen LogP contribution in [0.15, 0.2) is 18.3 Å². The Kier molecular flexibility index (Phi) is 3.29. The molecule has 1 aliphatic rings. The minimum atomic E-state index is 0.193. The molecule has 3 heterocycles. The number of pyridine rings is 1. The standard InChI is InChI=1S/C14H19N5/c1-3-12-11(5-4-7-16-12)10(2)19-14-6-8-15-9-13(14)17-18-19/h4-5,7,10,15H,3,6,8-9H2,1-2H3. The van der Waals surface area contributed by atoms with Crippen LogP contribution >= 0.6 is 0 Å². The van der Waals surface area contributed by atoms with Gasteiger partial charge in [-0.3, -0.25) is 4.98 Å². The van der Waals surface area contributed by atoms with E-state index in [4.69, 9.17) is 0 Å². The number of aromatic nitrogens is 4. The molecular weight excluding hydrogens is 238 g/mol. The van der Waals surface area contributed by atoms with Gasteiger partial charge in [-0.15, -0.1) is 5.10 Å². The molecule has 0 saturated carbocycles. The molecule has 1 unspecified atom stereocenters. The number of aryl methyl sites for hydroxylation is 1. The number of hydrogen-bond acceptors (Lipinski definition) is 4. The second-order valence-corrected chi connectivity index (χ2v) is 4.92. The van der Waals surface area contributed by atoms with E-state index in [0.29, 0.717) is 0 Å². The summed E-state index contributed by atoms with van der Waals surface area (Å²) in [5.41, 5.74) is 4.74. The highest BCUT2D eigenvalue weighted by Crippen LogP contribution is 2.23. The van der Waals surface area contributed by atoms with E-state index in [1.165, 1.54) is 11.3 Å². The second-order valence-electron chi connectivity index (χ2n) is 4.92. The van der Waals surface area contributed by atoms with Crippen molar-refractivity contribution in [3.63, 3.8) is 0 Å². The summed E-state index contributed by atoms with van der Waals surface area (Å²) in [5.74, 6) is 0. The summed E-state index contributed by atoms with van der Waals surface area (Å²) in [6.45, 7) is 6.14. The highest BCUT2D eigenvalue weighted by molar-refractivity contribution is 5.25. The first-order chi connectivity index (χ1) is 9.31. The Morgan fingerprint density at radius 2 is 2.37 bits per heavy atom. The van der Waals surface area contributed by atoms with Crippen LogP contribution in [0.4, 0.5) is 0 Å². The molecule has 3 rings (SSSR count). The number of rotatable bonds is 3. The summed E-state index contributed by atoms with van der Waals surface area (Å²) in [6.07, 6.45) is 3.79. The molecule has 0 saturated heterocycles. The van der Waals surface area contributed by atoms with Crippen molar-refractivity contribution < 1.29 is 0 Å². The first kappa shape index (κ1) is 12.3. The van der Waals surface area contributed by atoms with Crippen LogP contribution in [-0.4, -0.2) is 26.5 Å². The van der Waals surface area contributed by atoms with E-state index in [9.17, 15) is 0 Å². The summed E-state index contributed by atoms with van der Waals surface area (Å²) >= 11 is 0. The zero-order valence-electron chi connectivity index (χ0n) is 11.4. The third-order valence-electron chi connectivity index (χ3n) is 3.78. The van der Waals surface area contributed by atoms with Gasteiger partial charge in [0.15, 0.2) is 0 Å².